The summed E-state index contributed by atoms with van der Waals surface area (Å²) in [7, 11) is 0. The van der Waals surface area contributed by atoms with Gasteiger partial charge in [-0.15, -0.1) is 6.58 Å². The van der Waals surface area contributed by atoms with Crippen LogP contribution in [0.5, 0.6) is 0 Å². The summed E-state index contributed by atoms with van der Waals surface area (Å²) in [6.45, 7) is 9.30. The summed E-state index contributed by atoms with van der Waals surface area (Å²) in [6.07, 6.45) is 0.837. The summed E-state index contributed by atoms with van der Waals surface area (Å²) in [4.78, 5) is 11.7. The summed E-state index contributed by atoms with van der Waals surface area (Å²) >= 11 is 0. The second-order valence-electron chi connectivity index (χ2n) is 6.28. The molecule has 4 heteroatoms. The first-order valence-electron chi connectivity index (χ1n) is 7.46. The molecule has 0 saturated carbocycles. The highest BCUT2D eigenvalue weighted by Gasteiger charge is 2.26. The molecular formula is C18H26O4. The minimum absolute atomic E-state index is 0.0800. The van der Waals surface area contributed by atoms with Crippen molar-refractivity contribution in [3.8, 4) is 0 Å². The Hall–Kier alpha value is -1.65. The number of aliphatic hydroxyl groups is 1. The fourth-order valence-electron chi connectivity index (χ4n) is 1.76. The van der Waals surface area contributed by atoms with E-state index in [1.165, 1.54) is 0 Å². The summed E-state index contributed by atoms with van der Waals surface area (Å²) < 4.78 is 10.9. The van der Waals surface area contributed by atoms with Gasteiger partial charge in [-0.2, -0.15) is 0 Å². The van der Waals surface area contributed by atoms with Crippen molar-refractivity contribution in [1.29, 1.82) is 0 Å². The van der Waals surface area contributed by atoms with E-state index in [2.05, 4.69) is 6.58 Å². The van der Waals surface area contributed by atoms with Gasteiger partial charge in [0.25, 0.3) is 0 Å². The van der Waals surface area contributed by atoms with E-state index in [-0.39, 0.29) is 12.6 Å². The van der Waals surface area contributed by atoms with Crippen LogP contribution in [0.3, 0.4) is 0 Å². The Morgan fingerprint density at radius 2 is 1.95 bits per heavy atom. The lowest BCUT2D eigenvalue weighted by molar-refractivity contribution is -0.159. The average Bonchev–Trinajstić information content (AvgIpc) is 2.48. The molecule has 0 radical (unpaired) electrons. The van der Waals surface area contributed by atoms with Gasteiger partial charge in [0.1, 0.15) is 12.7 Å². The first kappa shape index (κ1) is 18.4. The van der Waals surface area contributed by atoms with Crippen molar-refractivity contribution in [3.05, 3.63) is 48.6 Å². The minimum atomic E-state index is -0.881. The Morgan fingerprint density at radius 1 is 1.32 bits per heavy atom. The van der Waals surface area contributed by atoms with Crippen LogP contribution < -0.4 is 0 Å². The smallest absolute Gasteiger partial charge is 0.311 e. The van der Waals surface area contributed by atoms with Crippen LogP contribution in [0.4, 0.5) is 0 Å². The Kier molecular flexibility index (Phi) is 7.28. The minimum Gasteiger partial charge on any atom is -0.462 e. The molecule has 1 aromatic rings. The predicted molar refractivity (Wildman–Crippen MR) is 86.3 cm³/mol. The SMILES string of the molecule is C=CC[C@H](OCc1ccccc1)[C@H](O)COC(=O)C(C)(C)C. The molecule has 122 valence electrons. The number of carbonyl (C=O) groups excluding carboxylic acids is 1. The third-order valence-electron chi connectivity index (χ3n) is 3.13. The molecule has 2 atom stereocenters. The first-order chi connectivity index (χ1) is 10.3. The van der Waals surface area contributed by atoms with Crippen LogP contribution in [-0.4, -0.2) is 29.9 Å². The van der Waals surface area contributed by atoms with Gasteiger partial charge < -0.3 is 14.6 Å². The molecule has 0 aliphatic heterocycles. The molecule has 0 aliphatic carbocycles. The largest absolute Gasteiger partial charge is 0.462 e. The number of ether oxygens (including phenoxy) is 2. The molecule has 22 heavy (non-hydrogen) atoms. The number of rotatable bonds is 8. The Balaban J connectivity index is 2.51. The third-order valence-corrected chi connectivity index (χ3v) is 3.13. The van der Waals surface area contributed by atoms with Crippen molar-refractivity contribution in [2.45, 2.75) is 46.0 Å². The predicted octanol–water partition coefficient (Wildman–Crippen LogP) is 3.10. The van der Waals surface area contributed by atoms with Gasteiger partial charge in [0.2, 0.25) is 0 Å². The molecule has 1 aromatic carbocycles. The molecule has 0 spiro atoms. The highest BCUT2D eigenvalue weighted by Crippen LogP contribution is 2.16. The van der Waals surface area contributed by atoms with Gasteiger partial charge in [0.15, 0.2) is 0 Å². The van der Waals surface area contributed by atoms with Gasteiger partial charge >= 0.3 is 5.97 Å². The van der Waals surface area contributed by atoms with E-state index in [1.807, 2.05) is 30.3 Å². The number of benzene rings is 1. The van der Waals surface area contributed by atoms with Crippen LogP contribution in [0.1, 0.15) is 32.8 Å². The Bertz CT molecular complexity index is 462. The second kappa shape index (κ2) is 8.71. The van der Waals surface area contributed by atoms with E-state index in [4.69, 9.17) is 9.47 Å². The van der Waals surface area contributed by atoms with Gasteiger partial charge in [-0.25, -0.2) is 0 Å². The van der Waals surface area contributed by atoms with Gasteiger partial charge in [0, 0.05) is 0 Å². The highest BCUT2D eigenvalue weighted by atomic mass is 16.6. The summed E-state index contributed by atoms with van der Waals surface area (Å²) in [5.41, 5.74) is 0.439. The zero-order chi connectivity index (χ0) is 16.6. The zero-order valence-corrected chi connectivity index (χ0v) is 13.6. The van der Waals surface area contributed by atoms with E-state index in [0.29, 0.717) is 13.0 Å². The molecule has 0 heterocycles. The molecule has 0 aliphatic rings. The topological polar surface area (TPSA) is 55.8 Å². The van der Waals surface area contributed by atoms with Crippen molar-refractivity contribution >= 4 is 5.97 Å². The maximum atomic E-state index is 11.7. The third kappa shape index (κ3) is 6.41. The first-order valence-corrected chi connectivity index (χ1v) is 7.46. The van der Waals surface area contributed by atoms with Gasteiger partial charge in [-0.05, 0) is 32.8 Å². The van der Waals surface area contributed by atoms with E-state index < -0.39 is 17.6 Å². The summed E-state index contributed by atoms with van der Waals surface area (Å²) in [5, 5.41) is 10.2. The van der Waals surface area contributed by atoms with E-state index in [1.54, 1.807) is 26.8 Å². The second-order valence-corrected chi connectivity index (χ2v) is 6.28. The van der Waals surface area contributed by atoms with Crippen molar-refractivity contribution in [2.75, 3.05) is 6.61 Å². The fourth-order valence-corrected chi connectivity index (χ4v) is 1.76. The van der Waals surface area contributed by atoms with Crippen LogP contribution in [-0.2, 0) is 20.9 Å². The van der Waals surface area contributed by atoms with Crippen LogP contribution in [0, 0.1) is 5.41 Å². The number of carbonyl (C=O) groups is 1. The van der Waals surface area contributed by atoms with Crippen LogP contribution in [0.2, 0.25) is 0 Å². The average molecular weight is 306 g/mol. The molecule has 0 saturated heterocycles. The highest BCUT2D eigenvalue weighted by molar-refractivity contribution is 5.75. The fraction of sp³-hybridized carbons (Fsp3) is 0.500. The normalized spacial score (nSPS) is 14.2. The molecule has 1 N–H and O–H groups in total. The molecule has 0 amide bonds. The maximum Gasteiger partial charge on any atom is 0.311 e. The monoisotopic (exact) mass is 306 g/mol. The van der Waals surface area contributed by atoms with E-state index in [0.717, 1.165) is 5.56 Å². The lowest BCUT2D eigenvalue weighted by atomic mass is 9.97. The molecule has 4 nitrogen and oxygen atoms in total. The number of hydrogen-bond donors (Lipinski definition) is 1. The van der Waals surface area contributed by atoms with Crippen molar-refractivity contribution in [2.24, 2.45) is 5.41 Å². The number of hydrogen-bond acceptors (Lipinski definition) is 4. The molecule has 0 aromatic heterocycles. The molecule has 0 unspecified atom stereocenters. The van der Waals surface area contributed by atoms with Crippen molar-refractivity contribution in [3.63, 3.8) is 0 Å². The van der Waals surface area contributed by atoms with Crippen LogP contribution >= 0.6 is 0 Å². The molecular weight excluding hydrogens is 280 g/mol. The lowest BCUT2D eigenvalue weighted by Crippen LogP contribution is -2.35. The van der Waals surface area contributed by atoms with Crippen LogP contribution in [0.15, 0.2) is 43.0 Å². The lowest BCUT2D eigenvalue weighted by Gasteiger charge is -2.24. The van der Waals surface area contributed by atoms with Gasteiger partial charge in [0.05, 0.1) is 18.1 Å². The zero-order valence-electron chi connectivity index (χ0n) is 13.6. The Morgan fingerprint density at radius 3 is 2.50 bits per heavy atom. The van der Waals surface area contributed by atoms with Crippen molar-refractivity contribution in [1.82, 2.24) is 0 Å². The maximum absolute atomic E-state index is 11.7. The van der Waals surface area contributed by atoms with E-state index in [9.17, 15) is 9.90 Å². The number of esters is 1. The standard InChI is InChI=1S/C18H26O4/c1-5-9-16(21-12-14-10-7-6-8-11-14)15(19)13-22-17(20)18(2,3)4/h5-8,10-11,15-16,19H,1,9,12-13H2,2-4H3/t15-,16+/m1/s1. The van der Waals surface area contributed by atoms with Gasteiger partial charge in [-0.3, -0.25) is 4.79 Å². The molecule has 0 fully saturated rings. The van der Waals surface area contributed by atoms with Crippen LogP contribution in [0.25, 0.3) is 0 Å². The summed E-state index contributed by atoms with van der Waals surface area (Å²) in [5.74, 6) is -0.341. The quantitative estimate of drug-likeness (QED) is 0.592. The summed E-state index contributed by atoms with van der Waals surface area (Å²) in [6, 6.07) is 9.71. The number of aliphatic hydroxyl groups excluding tert-OH is 1. The van der Waals surface area contributed by atoms with Crippen molar-refractivity contribution < 1.29 is 19.4 Å². The Labute approximate surface area is 132 Å². The van der Waals surface area contributed by atoms with Gasteiger partial charge in [-0.1, -0.05) is 36.4 Å². The van der Waals surface area contributed by atoms with E-state index >= 15 is 0 Å². The molecule has 0 bridgehead atoms. The molecule has 1 rings (SSSR count).